The number of carbonyl (C=O) groups is 2. The molecule has 2 rings (SSSR count). The second-order valence-electron chi connectivity index (χ2n) is 5.62. The molecular weight excluding hydrogens is 300 g/mol. The van der Waals surface area contributed by atoms with E-state index >= 15 is 0 Å². The topological polar surface area (TPSA) is 40.6 Å². The molecule has 0 spiro atoms. The van der Waals surface area contributed by atoms with Crippen molar-refractivity contribution in [1.82, 2.24) is 9.80 Å². The molecule has 2 aromatic carbocycles. The predicted molar refractivity (Wildman–Crippen MR) is 89.1 cm³/mol. The summed E-state index contributed by atoms with van der Waals surface area (Å²) in [7, 11) is 6.53. The molecule has 0 saturated carbocycles. The van der Waals surface area contributed by atoms with E-state index in [-0.39, 0.29) is 11.8 Å². The fraction of sp³-hybridized carbons (Fsp3) is 0.294. The minimum atomic E-state index is -0.929. The number of likely N-dealkylation sites (N-methyl/N-ethyl adjacent to an activating group) is 2. The van der Waals surface area contributed by atoms with Gasteiger partial charge in [-0.2, -0.15) is 0 Å². The van der Waals surface area contributed by atoms with Gasteiger partial charge < -0.3 is 9.80 Å². The molecule has 2 amide bonds. The Bertz CT molecular complexity index is 706. The monoisotopic (exact) mass is 318 g/mol. The summed E-state index contributed by atoms with van der Waals surface area (Å²) in [6.07, 6.45) is 0. The third kappa shape index (κ3) is 3.07. The van der Waals surface area contributed by atoms with Crippen LogP contribution in [0.3, 0.4) is 0 Å². The lowest BCUT2D eigenvalue weighted by Gasteiger charge is -2.24. The van der Waals surface area contributed by atoms with Gasteiger partial charge in [0.2, 0.25) is 11.8 Å². The Labute approximate surface area is 135 Å². The van der Waals surface area contributed by atoms with Crippen molar-refractivity contribution in [2.75, 3.05) is 28.2 Å². The molecule has 2 aromatic rings. The van der Waals surface area contributed by atoms with E-state index in [1.807, 2.05) is 30.3 Å². The van der Waals surface area contributed by atoms with Gasteiger partial charge >= 0.3 is 0 Å². The van der Waals surface area contributed by atoms with Crippen LogP contribution in [-0.2, 0) is 9.59 Å². The Morgan fingerprint density at radius 2 is 1.36 bits per heavy atom. The standard InChI is InChI=1S/C17H19ClN2O2/c1-19(2)16(21)15(17(22)20(3)4)13-9-11-7-5-6-8-12(11)10-14(13)18/h5-10,15H,1-4H3. The maximum Gasteiger partial charge on any atom is 0.239 e. The fourth-order valence-corrected chi connectivity index (χ4v) is 2.62. The Hall–Kier alpha value is -2.07. The van der Waals surface area contributed by atoms with Crippen LogP contribution in [0.1, 0.15) is 11.5 Å². The zero-order valence-electron chi connectivity index (χ0n) is 13.1. The Morgan fingerprint density at radius 3 is 1.82 bits per heavy atom. The Kier molecular flexibility index (Phi) is 4.71. The van der Waals surface area contributed by atoms with Crippen molar-refractivity contribution in [2.45, 2.75) is 5.92 Å². The lowest BCUT2D eigenvalue weighted by Crippen LogP contribution is -2.38. The number of carbonyl (C=O) groups excluding carboxylic acids is 2. The summed E-state index contributed by atoms with van der Waals surface area (Å²) in [6.45, 7) is 0. The van der Waals surface area contributed by atoms with E-state index in [1.165, 1.54) is 9.80 Å². The largest absolute Gasteiger partial charge is 0.348 e. The summed E-state index contributed by atoms with van der Waals surface area (Å²) in [6, 6.07) is 11.3. The van der Waals surface area contributed by atoms with Gasteiger partial charge in [0.1, 0.15) is 5.92 Å². The molecule has 0 aliphatic heterocycles. The van der Waals surface area contributed by atoms with Crippen molar-refractivity contribution in [1.29, 1.82) is 0 Å². The van der Waals surface area contributed by atoms with Crippen molar-refractivity contribution < 1.29 is 9.59 Å². The van der Waals surface area contributed by atoms with Gasteiger partial charge in [-0.15, -0.1) is 0 Å². The first-order valence-corrected chi connectivity index (χ1v) is 7.31. The summed E-state index contributed by atoms with van der Waals surface area (Å²) in [5, 5.41) is 2.35. The normalized spacial score (nSPS) is 10.8. The molecule has 0 saturated heterocycles. The van der Waals surface area contributed by atoms with Crippen LogP contribution in [-0.4, -0.2) is 49.8 Å². The van der Waals surface area contributed by atoms with Crippen LogP contribution in [0.25, 0.3) is 10.8 Å². The third-order valence-electron chi connectivity index (χ3n) is 3.55. The average molecular weight is 319 g/mol. The zero-order chi connectivity index (χ0) is 16.4. The molecule has 0 atom stereocenters. The highest BCUT2D eigenvalue weighted by molar-refractivity contribution is 6.33. The van der Waals surface area contributed by atoms with Gasteiger partial charge in [-0.25, -0.2) is 0 Å². The molecule has 5 heteroatoms. The van der Waals surface area contributed by atoms with Gasteiger partial charge in [0.15, 0.2) is 0 Å². The van der Waals surface area contributed by atoms with Crippen LogP contribution in [0, 0.1) is 0 Å². The van der Waals surface area contributed by atoms with Gasteiger partial charge in [0.25, 0.3) is 0 Å². The van der Waals surface area contributed by atoms with Crippen molar-refractivity contribution in [3.05, 3.63) is 47.0 Å². The Balaban J connectivity index is 2.63. The molecule has 0 aromatic heterocycles. The highest BCUT2D eigenvalue weighted by Crippen LogP contribution is 2.31. The molecule has 22 heavy (non-hydrogen) atoms. The number of fused-ring (bicyclic) bond motifs is 1. The van der Waals surface area contributed by atoms with E-state index in [4.69, 9.17) is 11.6 Å². The van der Waals surface area contributed by atoms with E-state index in [1.54, 1.807) is 34.3 Å². The first-order valence-electron chi connectivity index (χ1n) is 6.93. The SMILES string of the molecule is CN(C)C(=O)C(C(=O)N(C)C)c1cc2ccccc2cc1Cl. The lowest BCUT2D eigenvalue weighted by atomic mass is 9.93. The maximum atomic E-state index is 12.5. The first-order chi connectivity index (χ1) is 10.3. The summed E-state index contributed by atoms with van der Waals surface area (Å²) >= 11 is 6.35. The third-order valence-corrected chi connectivity index (χ3v) is 3.88. The summed E-state index contributed by atoms with van der Waals surface area (Å²) < 4.78 is 0. The minimum absolute atomic E-state index is 0.282. The molecule has 0 heterocycles. The van der Waals surface area contributed by atoms with Gasteiger partial charge in [-0.3, -0.25) is 9.59 Å². The van der Waals surface area contributed by atoms with E-state index in [2.05, 4.69) is 0 Å². The highest BCUT2D eigenvalue weighted by Gasteiger charge is 2.32. The fourth-order valence-electron chi connectivity index (χ4n) is 2.34. The van der Waals surface area contributed by atoms with Crippen LogP contribution in [0.15, 0.2) is 36.4 Å². The predicted octanol–water partition coefficient (Wildman–Crippen LogP) is 2.75. The Morgan fingerprint density at radius 1 is 0.909 bits per heavy atom. The molecule has 0 aliphatic carbocycles. The van der Waals surface area contributed by atoms with Crippen LogP contribution in [0.2, 0.25) is 5.02 Å². The molecule has 0 fully saturated rings. The summed E-state index contributed by atoms with van der Waals surface area (Å²) in [5.74, 6) is -1.49. The zero-order valence-corrected chi connectivity index (χ0v) is 13.9. The molecule has 0 unspecified atom stereocenters. The van der Waals surface area contributed by atoms with Crippen molar-refractivity contribution in [3.63, 3.8) is 0 Å². The quantitative estimate of drug-likeness (QED) is 0.816. The van der Waals surface area contributed by atoms with E-state index < -0.39 is 5.92 Å². The summed E-state index contributed by atoms with van der Waals surface area (Å²) in [4.78, 5) is 27.8. The maximum absolute atomic E-state index is 12.5. The minimum Gasteiger partial charge on any atom is -0.348 e. The van der Waals surface area contributed by atoms with E-state index in [0.29, 0.717) is 10.6 Å². The molecule has 0 aliphatic rings. The number of rotatable bonds is 3. The second-order valence-corrected chi connectivity index (χ2v) is 6.03. The number of hydrogen-bond acceptors (Lipinski definition) is 2. The number of nitrogens with zero attached hydrogens (tertiary/aromatic N) is 2. The summed E-state index contributed by atoms with van der Waals surface area (Å²) in [5.41, 5.74) is 0.540. The van der Waals surface area contributed by atoms with Crippen molar-refractivity contribution in [2.24, 2.45) is 0 Å². The van der Waals surface area contributed by atoms with Gasteiger partial charge in [-0.1, -0.05) is 35.9 Å². The molecule has 0 bridgehead atoms. The smallest absolute Gasteiger partial charge is 0.239 e. The van der Waals surface area contributed by atoms with Crippen molar-refractivity contribution in [3.8, 4) is 0 Å². The van der Waals surface area contributed by atoms with Crippen LogP contribution >= 0.6 is 11.6 Å². The van der Waals surface area contributed by atoms with Crippen LogP contribution in [0.5, 0.6) is 0 Å². The number of benzene rings is 2. The van der Waals surface area contributed by atoms with Crippen molar-refractivity contribution >= 4 is 34.2 Å². The van der Waals surface area contributed by atoms with Gasteiger partial charge in [0.05, 0.1) is 0 Å². The second kappa shape index (κ2) is 6.36. The molecule has 0 radical (unpaired) electrons. The molecule has 0 N–H and O–H groups in total. The van der Waals surface area contributed by atoms with Gasteiger partial charge in [-0.05, 0) is 28.5 Å². The molecule has 4 nitrogen and oxygen atoms in total. The van der Waals surface area contributed by atoms with E-state index in [0.717, 1.165) is 10.8 Å². The van der Waals surface area contributed by atoms with Gasteiger partial charge in [0, 0.05) is 33.2 Å². The highest BCUT2D eigenvalue weighted by atomic mass is 35.5. The van der Waals surface area contributed by atoms with Crippen LogP contribution in [0.4, 0.5) is 0 Å². The lowest BCUT2D eigenvalue weighted by molar-refractivity contribution is -0.140. The number of halogens is 1. The van der Waals surface area contributed by atoms with Crippen LogP contribution < -0.4 is 0 Å². The number of amides is 2. The molecule has 116 valence electrons. The molecular formula is C17H19ClN2O2. The first kappa shape index (κ1) is 16.3. The van der Waals surface area contributed by atoms with E-state index in [9.17, 15) is 9.59 Å². The average Bonchev–Trinajstić information content (AvgIpc) is 2.47. The number of hydrogen-bond donors (Lipinski definition) is 0.